The van der Waals surface area contributed by atoms with Crippen LogP contribution in [0.25, 0.3) is 0 Å². The molecule has 3 N–H and O–H groups in total. The maximum Gasteiger partial charge on any atom is 0.262 e. The predicted octanol–water partition coefficient (Wildman–Crippen LogP) is 2.17. The molecule has 0 fully saturated rings. The molecule has 0 radical (unpaired) electrons. The molecule has 1 aromatic rings. The Balaban J connectivity index is 2.82. The molecule has 0 saturated carbocycles. The molecule has 0 aliphatic heterocycles. The number of halogens is 3. The van der Waals surface area contributed by atoms with Gasteiger partial charge in [0.05, 0.1) is 6.54 Å². The van der Waals surface area contributed by atoms with Gasteiger partial charge in [-0.1, -0.05) is 59.6 Å². The van der Waals surface area contributed by atoms with Crippen LogP contribution in [0.2, 0.25) is 0 Å². The molecule has 1 atom stereocenters. The first-order valence-electron chi connectivity index (χ1n) is 5.73. The maximum absolute atomic E-state index is 12.2. The number of rotatable bonds is 5. The molecular formula is C13H16Cl3N2O+. The molecule has 1 amide bonds. The van der Waals surface area contributed by atoms with E-state index in [0.29, 0.717) is 12.1 Å². The molecule has 6 heteroatoms. The number of alkyl halides is 3. The molecule has 0 bridgehead atoms. The largest absolute Gasteiger partial charge is 0.320 e. The molecule has 0 aliphatic carbocycles. The molecule has 1 aromatic carbocycles. The van der Waals surface area contributed by atoms with E-state index in [1.165, 1.54) is 0 Å². The van der Waals surface area contributed by atoms with Gasteiger partial charge in [-0.2, -0.15) is 0 Å². The maximum atomic E-state index is 12.2. The van der Waals surface area contributed by atoms with Crippen LogP contribution in [0.1, 0.15) is 15.9 Å². The fourth-order valence-corrected chi connectivity index (χ4v) is 1.98. The van der Waals surface area contributed by atoms with E-state index >= 15 is 0 Å². The van der Waals surface area contributed by atoms with E-state index < -0.39 is 9.96 Å². The Kier molecular flexibility index (Phi) is 6.14. The molecule has 0 unspecified atom stereocenters. The Morgan fingerprint density at radius 2 is 2.11 bits per heavy atom. The van der Waals surface area contributed by atoms with Crippen LogP contribution in [0.4, 0.5) is 0 Å². The van der Waals surface area contributed by atoms with Crippen molar-refractivity contribution in [3.63, 3.8) is 0 Å². The van der Waals surface area contributed by atoms with Gasteiger partial charge in [0.1, 0.15) is 0 Å². The highest BCUT2D eigenvalue weighted by Crippen LogP contribution is 2.27. The zero-order chi connectivity index (χ0) is 14.5. The van der Waals surface area contributed by atoms with Crippen LogP contribution >= 0.6 is 34.8 Å². The Hall–Kier alpha value is -0.740. The van der Waals surface area contributed by atoms with Crippen molar-refractivity contribution in [2.75, 3.05) is 6.54 Å². The van der Waals surface area contributed by atoms with Gasteiger partial charge in [0.2, 0.25) is 6.17 Å². The summed E-state index contributed by atoms with van der Waals surface area (Å²) in [6, 6.07) is 7.24. The first-order chi connectivity index (χ1) is 8.86. The van der Waals surface area contributed by atoms with Crippen LogP contribution in [0.5, 0.6) is 0 Å². The summed E-state index contributed by atoms with van der Waals surface area (Å²) in [5.41, 5.74) is 1.43. The number of hydrogen-bond donors (Lipinski definition) is 2. The Labute approximate surface area is 127 Å². The number of carbonyl (C=O) groups excluding carboxylic acids is 1. The summed E-state index contributed by atoms with van der Waals surface area (Å²) in [7, 11) is 0. The van der Waals surface area contributed by atoms with Crippen molar-refractivity contribution in [2.24, 2.45) is 0 Å². The number of hydrogen-bond acceptors (Lipinski definition) is 1. The highest BCUT2D eigenvalue weighted by molar-refractivity contribution is 6.68. The van der Waals surface area contributed by atoms with Crippen molar-refractivity contribution in [1.82, 2.24) is 5.32 Å². The third-order valence-corrected chi connectivity index (χ3v) is 3.27. The van der Waals surface area contributed by atoms with Crippen LogP contribution in [0, 0.1) is 6.92 Å². The summed E-state index contributed by atoms with van der Waals surface area (Å²) in [4.78, 5) is 12.2. The zero-order valence-corrected chi connectivity index (χ0v) is 12.8. The van der Waals surface area contributed by atoms with E-state index in [0.717, 1.165) is 5.56 Å². The van der Waals surface area contributed by atoms with E-state index in [-0.39, 0.29) is 5.91 Å². The molecular weight excluding hydrogens is 307 g/mol. The van der Waals surface area contributed by atoms with Gasteiger partial charge in [-0.05, 0) is 24.6 Å². The SMILES string of the molecule is C=CC[NH2+][C@@H](NC(=O)c1ccccc1C)C(Cl)(Cl)Cl. The van der Waals surface area contributed by atoms with Gasteiger partial charge in [-0.25, -0.2) is 0 Å². The van der Waals surface area contributed by atoms with Crippen molar-refractivity contribution < 1.29 is 10.1 Å². The minimum atomic E-state index is -1.60. The highest BCUT2D eigenvalue weighted by Gasteiger charge is 2.37. The second-order valence-corrected chi connectivity index (χ2v) is 6.44. The van der Waals surface area contributed by atoms with Gasteiger partial charge in [0.15, 0.2) is 0 Å². The number of benzene rings is 1. The Morgan fingerprint density at radius 3 is 2.63 bits per heavy atom. The number of nitrogens with two attached hydrogens (primary N) is 1. The van der Waals surface area contributed by atoms with E-state index in [1.807, 2.05) is 19.1 Å². The van der Waals surface area contributed by atoms with Crippen LogP contribution < -0.4 is 10.6 Å². The normalized spacial score (nSPS) is 12.8. The molecule has 19 heavy (non-hydrogen) atoms. The molecule has 1 rings (SSSR count). The fraction of sp³-hybridized carbons (Fsp3) is 0.308. The average molecular weight is 323 g/mol. The summed E-state index contributed by atoms with van der Waals surface area (Å²) >= 11 is 17.6. The lowest BCUT2D eigenvalue weighted by Crippen LogP contribution is -2.96. The van der Waals surface area contributed by atoms with Gasteiger partial charge in [-0.3, -0.25) is 10.1 Å². The number of amides is 1. The van der Waals surface area contributed by atoms with E-state index in [4.69, 9.17) is 34.8 Å². The lowest BCUT2D eigenvalue weighted by Gasteiger charge is -2.23. The lowest BCUT2D eigenvalue weighted by atomic mass is 10.1. The number of quaternary nitrogens is 1. The Bertz CT molecular complexity index is 457. The van der Waals surface area contributed by atoms with Crippen LogP contribution in [0.3, 0.4) is 0 Å². The third-order valence-electron chi connectivity index (χ3n) is 2.57. The monoisotopic (exact) mass is 321 g/mol. The van der Waals surface area contributed by atoms with Gasteiger partial charge in [0, 0.05) is 5.56 Å². The van der Waals surface area contributed by atoms with Crippen molar-refractivity contribution >= 4 is 40.7 Å². The van der Waals surface area contributed by atoms with Gasteiger partial charge >= 0.3 is 0 Å². The van der Waals surface area contributed by atoms with Gasteiger partial charge in [-0.15, -0.1) is 0 Å². The first kappa shape index (κ1) is 16.3. The first-order valence-corrected chi connectivity index (χ1v) is 6.87. The van der Waals surface area contributed by atoms with Crippen LogP contribution in [-0.4, -0.2) is 22.4 Å². The minimum Gasteiger partial charge on any atom is -0.320 e. The van der Waals surface area contributed by atoms with Crippen molar-refractivity contribution in [2.45, 2.75) is 16.9 Å². The second-order valence-electron chi connectivity index (χ2n) is 4.07. The fourth-order valence-electron chi connectivity index (χ4n) is 1.55. The molecule has 3 nitrogen and oxygen atoms in total. The molecule has 0 saturated heterocycles. The smallest absolute Gasteiger partial charge is 0.262 e. The minimum absolute atomic E-state index is 0.269. The molecule has 0 aromatic heterocycles. The number of aryl methyl sites for hydroxylation is 1. The highest BCUT2D eigenvalue weighted by atomic mass is 35.6. The number of nitrogens with one attached hydrogen (secondary N) is 1. The summed E-state index contributed by atoms with van der Waals surface area (Å²) in [5, 5.41) is 4.42. The zero-order valence-electron chi connectivity index (χ0n) is 10.5. The molecule has 0 heterocycles. The van der Waals surface area contributed by atoms with E-state index in [2.05, 4.69) is 11.9 Å². The van der Waals surface area contributed by atoms with Gasteiger partial charge in [0.25, 0.3) is 9.70 Å². The van der Waals surface area contributed by atoms with Crippen molar-refractivity contribution in [3.05, 3.63) is 48.0 Å². The van der Waals surface area contributed by atoms with Crippen LogP contribution in [0.15, 0.2) is 36.9 Å². The second kappa shape index (κ2) is 7.15. The molecule has 0 aliphatic rings. The van der Waals surface area contributed by atoms with E-state index in [1.54, 1.807) is 23.5 Å². The topological polar surface area (TPSA) is 45.7 Å². The van der Waals surface area contributed by atoms with E-state index in [9.17, 15) is 4.79 Å². The summed E-state index contributed by atoms with van der Waals surface area (Å²) < 4.78 is -1.60. The van der Waals surface area contributed by atoms with Crippen LogP contribution in [-0.2, 0) is 0 Å². The third kappa shape index (κ3) is 5.03. The van der Waals surface area contributed by atoms with Crippen molar-refractivity contribution in [1.29, 1.82) is 0 Å². The molecule has 0 spiro atoms. The predicted molar refractivity (Wildman–Crippen MR) is 79.7 cm³/mol. The average Bonchev–Trinajstić information content (AvgIpc) is 2.33. The lowest BCUT2D eigenvalue weighted by molar-refractivity contribution is -0.683. The van der Waals surface area contributed by atoms with Gasteiger partial charge < -0.3 is 5.32 Å². The Morgan fingerprint density at radius 1 is 1.47 bits per heavy atom. The summed E-state index contributed by atoms with van der Waals surface area (Å²) in [6.07, 6.45) is 0.992. The quantitative estimate of drug-likeness (QED) is 0.487. The standard InChI is InChI=1S/C13H15Cl3N2O/c1-3-8-17-12(13(14,15)16)18-11(19)10-7-5-4-6-9(10)2/h3-7,12,17H,1,8H2,2H3,(H,18,19)/p+1/t12-/m0/s1. The number of carbonyl (C=O) groups is 1. The summed E-state index contributed by atoms with van der Waals surface area (Å²) in [6.45, 7) is 5.98. The summed E-state index contributed by atoms with van der Waals surface area (Å²) in [5.74, 6) is -0.269. The van der Waals surface area contributed by atoms with Crippen molar-refractivity contribution in [3.8, 4) is 0 Å². The molecule has 104 valence electrons.